The number of nitrogens with zero attached hydrogens (tertiary/aromatic N) is 4. The average Bonchev–Trinajstić information content (AvgIpc) is 3.00. The Morgan fingerprint density at radius 3 is 2.61 bits per heavy atom. The van der Waals surface area contributed by atoms with E-state index in [-0.39, 0.29) is 23.3 Å². The number of carbonyl (C=O) groups is 1. The first-order valence-electron chi connectivity index (χ1n) is 9.10. The molecule has 2 aromatic rings. The van der Waals surface area contributed by atoms with Crippen LogP contribution < -0.4 is 10.9 Å². The number of hydrogen-bond donors (Lipinski definition) is 2. The molecule has 1 fully saturated rings. The van der Waals surface area contributed by atoms with Gasteiger partial charge in [0.1, 0.15) is 5.82 Å². The Bertz CT molecular complexity index is 1030. The molecule has 28 heavy (non-hydrogen) atoms. The van der Waals surface area contributed by atoms with Crippen LogP contribution in [0.5, 0.6) is 0 Å². The standard InChI is InChI=1S/C17H24N6O4S/c1-4-13-10-15(24)20-17(18-13)23-14(9-11(2)21-23)19-16(25)12-5-7-22(8-6-12)28(3,26)27/h9-10,12H,4-8H2,1-3H3,(H,19,25)(H,18,20,24). The highest BCUT2D eigenvalue weighted by atomic mass is 32.2. The molecule has 2 aromatic heterocycles. The van der Waals surface area contributed by atoms with Crippen molar-refractivity contribution in [3.63, 3.8) is 0 Å². The van der Waals surface area contributed by atoms with Gasteiger partial charge in [-0.05, 0) is 26.2 Å². The molecule has 10 nitrogen and oxygen atoms in total. The number of hydrogen-bond acceptors (Lipinski definition) is 6. The van der Waals surface area contributed by atoms with Crippen LogP contribution in [0.25, 0.3) is 5.95 Å². The predicted molar refractivity (Wildman–Crippen MR) is 104 cm³/mol. The first-order valence-corrected chi connectivity index (χ1v) is 11.0. The SMILES string of the molecule is CCc1cc(=O)[nH]c(-n2nc(C)cc2NC(=O)C2CCN(S(C)(=O)=O)CC2)n1. The number of aromatic amines is 1. The maximum atomic E-state index is 12.7. The van der Waals surface area contributed by atoms with Gasteiger partial charge in [0, 0.05) is 36.8 Å². The first-order chi connectivity index (χ1) is 13.2. The lowest BCUT2D eigenvalue weighted by molar-refractivity contribution is -0.120. The van der Waals surface area contributed by atoms with Crippen molar-refractivity contribution in [3.8, 4) is 5.95 Å². The number of nitrogens with one attached hydrogen (secondary N) is 2. The molecular formula is C17H24N6O4S. The van der Waals surface area contributed by atoms with E-state index in [2.05, 4.69) is 20.4 Å². The van der Waals surface area contributed by atoms with Crippen LogP contribution in [-0.4, -0.2) is 57.7 Å². The van der Waals surface area contributed by atoms with Crippen molar-refractivity contribution in [2.24, 2.45) is 5.92 Å². The van der Waals surface area contributed by atoms with E-state index in [0.29, 0.717) is 49.6 Å². The molecule has 1 aliphatic heterocycles. The number of sulfonamides is 1. The zero-order valence-electron chi connectivity index (χ0n) is 16.1. The van der Waals surface area contributed by atoms with Crippen LogP contribution in [0.2, 0.25) is 0 Å². The highest BCUT2D eigenvalue weighted by Gasteiger charge is 2.29. The highest BCUT2D eigenvalue weighted by Crippen LogP contribution is 2.22. The number of H-pyrrole nitrogens is 1. The summed E-state index contributed by atoms with van der Waals surface area (Å²) in [5.41, 5.74) is 0.990. The van der Waals surface area contributed by atoms with Crippen LogP contribution in [-0.2, 0) is 21.2 Å². The fraction of sp³-hybridized carbons (Fsp3) is 0.529. The van der Waals surface area contributed by atoms with E-state index in [4.69, 9.17) is 0 Å². The lowest BCUT2D eigenvalue weighted by Gasteiger charge is -2.29. The summed E-state index contributed by atoms with van der Waals surface area (Å²) in [4.78, 5) is 31.6. The minimum Gasteiger partial charge on any atom is -0.310 e. The molecule has 0 aromatic carbocycles. The van der Waals surface area contributed by atoms with Gasteiger partial charge < -0.3 is 5.32 Å². The topological polar surface area (TPSA) is 130 Å². The van der Waals surface area contributed by atoms with E-state index in [0.717, 1.165) is 0 Å². The molecule has 0 atom stereocenters. The van der Waals surface area contributed by atoms with E-state index in [1.54, 1.807) is 13.0 Å². The van der Waals surface area contributed by atoms with Gasteiger partial charge in [-0.2, -0.15) is 9.78 Å². The highest BCUT2D eigenvalue weighted by molar-refractivity contribution is 7.88. The molecule has 0 bridgehead atoms. The summed E-state index contributed by atoms with van der Waals surface area (Å²) in [7, 11) is -3.24. The van der Waals surface area contributed by atoms with Crippen LogP contribution in [0.15, 0.2) is 16.9 Å². The molecule has 0 aliphatic carbocycles. The number of piperidine rings is 1. The smallest absolute Gasteiger partial charge is 0.252 e. The minimum absolute atomic E-state index is 0.205. The molecule has 0 spiro atoms. The minimum atomic E-state index is -3.24. The zero-order chi connectivity index (χ0) is 20.5. The number of aryl methyl sites for hydroxylation is 2. The molecule has 1 saturated heterocycles. The van der Waals surface area contributed by atoms with Crippen molar-refractivity contribution >= 4 is 21.7 Å². The van der Waals surface area contributed by atoms with Crippen molar-refractivity contribution in [1.29, 1.82) is 0 Å². The van der Waals surface area contributed by atoms with Gasteiger partial charge in [0.05, 0.1) is 11.9 Å². The van der Waals surface area contributed by atoms with Crippen molar-refractivity contribution in [2.45, 2.75) is 33.1 Å². The Kier molecular flexibility index (Phi) is 5.66. The van der Waals surface area contributed by atoms with Gasteiger partial charge in [-0.3, -0.25) is 14.6 Å². The number of aromatic nitrogens is 4. The summed E-state index contributed by atoms with van der Waals surface area (Å²) in [6.07, 6.45) is 2.67. The molecule has 2 N–H and O–H groups in total. The largest absolute Gasteiger partial charge is 0.310 e. The second-order valence-corrected chi connectivity index (χ2v) is 8.90. The van der Waals surface area contributed by atoms with Crippen molar-refractivity contribution in [2.75, 3.05) is 24.7 Å². The van der Waals surface area contributed by atoms with Gasteiger partial charge in [-0.25, -0.2) is 17.7 Å². The Labute approximate surface area is 163 Å². The Morgan fingerprint density at radius 1 is 1.32 bits per heavy atom. The summed E-state index contributed by atoms with van der Waals surface area (Å²) in [5.74, 6) is 0.142. The lowest BCUT2D eigenvalue weighted by atomic mass is 9.97. The van der Waals surface area contributed by atoms with E-state index in [9.17, 15) is 18.0 Å². The molecule has 3 rings (SSSR count). The van der Waals surface area contributed by atoms with Crippen LogP contribution in [0, 0.1) is 12.8 Å². The molecule has 0 saturated carbocycles. The lowest BCUT2D eigenvalue weighted by Crippen LogP contribution is -2.41. The Hall–Kier alpha value is -2.53. The van der Waals surface area contributed by atoms with Crippen molar-refractivity contribution in [3.05, 3.63) is 33.9 Å². The van der Waals surface area contributed by atoms with Gasteiger partial charge >= 0.3 is 0 Å². The second-order valence-electron chi connectivity index (χ2n) is 6.92. The van der Waals surface area contributed by atoms with Gasteiger partial charge in [0.2, 0.25) is 21.9 Å². The van der Waals surface area contributed by atoms with Crippen molar-refractivity contribution < 1.29 is 13.2 Å². The normalized spacial score (nSPS) is 16.2. The summed E-state index contributed by atoms with van der Waals surface area (Å²) in [6, 6.07) is 3.12. The zero-order valence-corrected chi connectivity index (χ0v) is 16.9. The Morgan fingerprint density at radius 2 is 2.00 bits per heavy atom. The van der Waals surface area contributed by atoms with Crippen LogP contribution >= 0.6 is 0 Å². The summed E-state index contributed by atoms with van der Waals surface area (Å²) < 4.78 is 26.0. The van der Waals surface area contributed by atoms with Gasteiger partial charge in [0.25, 0.3) is 5.56 Å². The number of rotatable bonds is 5. The third-order valence-corrected chi connectivity index (χ3v) is 6.02. The maximum absolute atomic E-state index is 12.7. The maximum Gasteiger partial charge on any atom is 0.252 e. The van der Waals surface area contributed by atoms with Gasteiger partial charge in [-0.1, -0.05) is 6.92 Å². The van der Waals surface area contributed by atoms with Crippen LogP contribution in [0.4, 0.5) is 5.82 Å². The monoisotopic (exact) mass is 408 g/mol. The van der Waals surface area contributed by atoms with E-state index >= 15 is 0 Å². The summed E-state index contributed by atoms with van der Waals surface area (Å²) in [6.45, 7) is 4.31. The number of amides is 1. The fourth-order valence-corrected chi connectivity index (χ4v) is 4.08. The molecular weight excluding hydrogens is 384 g/mol. The molecule has 152 valence electrons. The predicted octanol–water partition coefficient (Wildman–Crippen LogP) is 0.437. The Balaban J connectivity index is 1.78. The summed E-state index contributed by atoms with van der Waals surface area (Å²) in [5, 5.41) is 7.16. The second kappa shape index (κ2) is 7.84. The van der Waals surface area contributed by atoms with Crippen LogP contribution in [0.3, 0.4) is 0 Å². The number of carbonyl (C=O) groups excluding carboxylic acids is 1. The third-order valence-electron chi connectivity index (χ3n) is 4.72. The van der Waals surface area contributed by atoms with Crippen LogP contribution in [0.1, 0.15) is 31.2 Å². The first kappa shape index (κ1) is 20.2. The molecule has 11 heteroatoms. The average molecular weight is 408 g/mol. The third kappa shape index (κ3) is 4.47. The molecule has 1 aliphatic rings. The number of anilines is 1. The molecule has 3 heterocycles. The van der Waals surface area contributed by atoms with Gasteiger partial charge in [-0.15, -0.1) is 0 Å². The van der Waals surface area contributed by atoms with Gasteiger partial charge in [0.15, 0.2) is 0 Å². The fourth-order valence-electron chi connectivity index (χ4n) is 3.20. The molecule has 0 radical (unpaired) electrons. The molecule has 1 amide bonds. The van der Waals surface area contributed by atoms with E-state index in [1.807, 2.05) is 6.92 Å². The summed E-state index contributed by atoms with van der Waals surface area (Å²) >= 11 is 0. The quantitative estimate of drug-likeness (QED) is 0.738. The van der Waals surface area contributed by atoms with Crippen molar-refractivity contribution in [1.82, 2.24) is 24.1 Å². The van der Waals surface area contributed by atoms with E-state index in [1.165, 1.54) is 21.3 Å². The molecule has 0 unspecified atom stereocenters. The van der Waals surface area contributed by atoms with E-state index < -0.39 is 10.0 Å².